The van der Waals surface area contributed by atoms with Crippen LogP contribution in [0.25, 0.3) is 0 Å². The molecule has 104 valence electrons. The average molecular weight is 271 g/mol. The van der Waals surface area contributed by atoms with Crippen molar-refractivity contribution < 1.29 is 9.53 Å². The summed E-state index contributed by atoms with van der Waals surface area (Å²) in [5, 5.41) is 0. The van der Waals surface area contributed by atoms with Gasteiger partial charge < -0.3 is 16.2 Å². The smallest absolute Gasteiger partial charge is 0.248 e. The molecule has 0 aliphatic carbocycles. The first-order valence-electron chi connectivity index (χ1n) is 6.35. The number of carbonyl (C=O) groups is 1. The number of anilines is 1. The molecule has 20 heavy (non-hydrogen) atoms. The summed E-state index contributed by atoms with van der Waals surface area (Å²) in [5.74, 6) is 0.515. The lowest BCUT2D eigenvalue weighted by atomic mass is 10.2. The van der Waals surface area contributed by atoms with Crippen molar-refractivity contribution in [2.24, 2.45) is 5.73 Å². The minimum Gasteiger partial charge on any atom is -0.453 e. The SMILES string of the molecule is CCc1nc(C)ccc1Oc1cc(C(N)=O)ccc1N. The number of hydrogen-bond acceptors (Lipinski definition) is 4. The van der Waals surface area contributed by atoms with Gasteiger partial charge in [0.05, 0.1) is 11.4 Å². The Morgan fingerprint density at radius 2 is 2.00 bits per heavy atom. The summed E-state index contributed by atoms with van der Waals surface area (Å²) >= 11 is 0. The highest BCUT2D eigenvalue weighted by Gasteiger charge is 2.10. The fraction of sp³-hybridized carbons (Fsp3) is 0.200. The van der Waals surface area contributed by atoms with Crippen molar-refractivity contribution >= 4 is 11.6 Å². The van der Waals surface area contributed by atoms with Crippen LogP contribution in [0, 0.1) is 6.92 Å². The Balaban J connectivity index is 2.39. The molecule has 0 unspecified atom stereocenters. The summed E-state index contributed by atoms with van der Waals surface area (Å²) in [6.45, 7) is 3.92. The number of benzene rings is 1. The molecule has 0 atom stereocenters. The van der Waals surface area contributed by atoms with E-state index in [1.54, 1.807) is 12.1 Å². The summed E-state index contributed by atoms with van der Waals surface area (Å²) in [6.07, 6.45) is 0.742. The molecular formula is C15H17N3O2. The van der Waals surface area contributed by atoms with Gasteiger partial charge in [0, 0.05) is 11.3 Å². The highest BCUT2D eigenvalue weighted by atomic mass is 16.5. The van der Waals surface area contributed by atoms with Gasteiger partial charge in [-0.05, 0) is 43.7 Å². The maximum absolute atomic E-state index is 11.2. The molecule has 1 heterocycles. The molecule has 5 nitrogen and oxygen atoms in total. The number of aryl methyl sites for hydroxylation is 2. The predicted molar refractivity (Wildman–Crippen MR) is 77.8 cm³/mol. The number of nitrogens with two attached hydrogens (primary N) is 2. The average Bonchev–Trinajstić information content (AvgIpc) is 2.42. The summed E-state index contributed by atoms with van der Waals surface area (Å²) in [4.78, 5) is 15.6. The van der Waals surface area contributed by atoms with Gasteiger partial charge >= 0.3 is 0 Å². The largest absolute Gasteiger partial charge is 0.453 e. The maximum atomic E-state index is 11.2. The van der Waals surface area contributed by atoms with Crippen LogP contribution in [0.2, 0.25) is 0 Å². The molecule has 0 bridgehead atoms. The number of ether oxygens (including phenoxy) is 1. The van der Waals surface area contributed by atoms with E-state index in [1.165, 1.54) is 6.07 Å². The van der Waals surface area contributed by atoms with Gasteiger partial charge in [0.25, 0.3) is 0 Å². The van der Waals surface area contributed by atoms with Gasteiger partial charge in [-0.15, -0.1) is 0 Å². The summed E-state index contributed by atoms with van der Waals surface area (Å²) in [7, 11) is 0. The first-order chi connectivity index (χ1) is 9.51. The van der Waals surface area contributed by atoms with Crippen LogP contribution >= 0.6 is 0 Å². The van der Waals surface area contributed by atoms with Crippen molar-refractivity contribution in [3.05, 3.63) is 47.3 Å². The predicted octanol–water partition coefficient (Wildman–Crippen LogP) is 2.43. The van der Waals surface area contributed by atoms with E-state index in [2.05, 4.69) is 4.98 Å². The minimum absolute atomic E-state index is 0.354. The third-order valence-corrected chi connectivity index (χ3v) is 2.92. The molecule has 2 rings (SSSR count). The summed E-state index contributed by atoms with van der Waals surface area (Å²) in [5.41, 5.74) is 13.7. The van der Waals surface area contributed by atoms with Gasteiger partial charge in [-0.3, -0.25) is 9.78 Å². The van der Waals surface area contributed by atoms with Crippen LogP contribution in [-0.2, 0) is 6.42 Å². The second kappa shape index (κ2) is 5.61. The lowest BCUT2D eigenvalue weighted by Gasteiger charge is -2.12. The molecular weight excluding hydrogens is 254 g/mol. The van der Waals surface area contributed by atoms with Crippen molar-refractivity contribution in [1.29, 1.82) is 0 Å². The van der Waals surface area contributed by atoms with Gasteiger partial charge in [-0.2, -0.15) is 0 Å². The molecule has 0 aliphatic rings. The van der Waals surface area contributed by atoms with Crippen LogP contribution in [0.5, 0.6) is 11.5 Å². The van der Waals surface area contributed by atoms with E-state index in [1.807, 2.05) is 26.0 Å². The molecule has 0 saturated heterocycles. The Hall–Kier alpha value is -2.56. The standard InChI is InChI=1S/C15H17N3O2/c1-3-12-13(7-4-9(2)18-12)20-14-8-10(15(17)19)5-6-11(14)16/h4-8H,3,16H2,1-2H3,(H2,17,19). The molecule has 1 aromatic carbocycles. The quantitative estimate of drug-likeness (QED) is 0.835. The van der Waals surface area contributed by atoms with E-state index in [-0.39, 0.29) is 0 Å². The van der Waals surface area contributed by atoms with Crippen molar-refractivity contribution in [3.63, 3.8) is 0 Å². The summed E-state index contributed by atoms with van der Waals surface area (Å²) in [6, 6.07) is 8.42. The number of rotatable bonds is 4. The van der Waals surface area contributed by atoms with Crippen LogP contribution in [-0.4, -0.2) is 10.9 Å². The maximum Gasteiger partial charge on any atom is 0.248 e. The van der Waals surface area contributed by atoms with Gasteiger partial charge in [-0.25, -0.2) is 0 Å². The molecule has 0 fully saturated rings. The topological polar surface area (TPSA) is 91.2 Å². The van der Waals surface area contributed by atoms with E-state index in [0.717, 1.165) is 17.8 Å². The molecule has 1 amide bonds. The zero-order valence-corrected chi connectivity index (χ0v) is 11.5. The first kappa shape index (κ1) is 13.9. The fourth-order valence-corrected chi connectivity index (χ4v) is 1.84. The van der Waals surface area contributed by atoms with E-state index in [9.17, 15) is 4.79 Å². The lowest BCUT2D eigenvalue weighted by Crippen LogP contribution is -2.11. The number of aromatic nitrogens is 1. The molecule has 2 aromatic rings. The summed E-state index contributed by atoms with van der Waals surface area (Å²) < 4.78 is 5.78. The Bertz CT molecular complexity index is 654. The van der Waals surface area contributed by atoms with Gasteiger partial charge in [-0.1, -0.05) is 6.92 Å². The van der Waals surface area contributed by atoms with Crippen molar-refractivity contribution in [3.8, 4) is 11.5 Å². The van der Waals surface area contributed by atoms with E-state index in [0.29, 0.717) is 22.7 Å². The highest BCUT2D eigenvalue weighted by molar-refractivity contribution is 5.93. The first-order valence-corrected chi connectivity index (χ1v) is 6.35. The van der Waals surface area contributed by atoms with E-state index >= 15 is 0 Å². The molecule has 0 spiro atoms. The van der Waals surface area contributed by atoms with Crippen molar-refractivity contribution in [2.75, 3.05) is 5.73 Å². The van der Waals surface area contributed by atoms with Crippen LogP contribution in [0.1, 0.15) is 28.7 Å². The second-order valence-corrected chi connectivity index (χ2v) is 4.47. The Morgan fingerprint density at radius 1 is 1.25 bits per heavy atom. The van der Waals surface area contributed by atoms with Gasteiger partial charge in [0.1, 0.15) is 5.75 Å². The molecule has 1 aromatic heterocycles. The number of amides is 1. The molecule has 0 radical (unpaired) electrons. The Morgan fingerprint density at radius 3 is 2.65 bits per heavy atom. The van der Waals surface area contributed by atoms with Crippen molar-refractivity contribution in [2.45, 2.75) is 20.3 Å². The number of primary amides is 1. The number of nitrogens with zero attached hydrogens (tertiary/aromatic N) is 1. The third kappa shape index (κ3) is 2.88. The van der Waals surface area contributed by atoms with Crippen LogP contribution < -0.4 is 16.2 Å². The second-order valence-electron chi connectivity index (χ2n) is 4.47. The number of pyridine rings is 1. The normalized spacial score (nSPS) is 10.3. The van der Waals surface area contributed by atoms with E-state index in [4.69, 9.17) is 16.2 Å². The zero-order valence-electron chi connectivity index (χ0n) is 11.5. The van der Waals surface area contributed by atoms with Gasteiger partial charge in [0.15, 0.2) is 5.75 Å². The Labute approximate surface area is 117 Å². The van der Waals surface area contributed by atoms with Crippen LogP contribution in [0.15, 0.2) is 30.3 Å². The molecule has 0 aliphatic heterocycles. The zero-order chi connectivity index (χ0) is 14.7. The molecule has 4 N–H and O–H groups in total. The van der Waals surface area contributed by atoms with E-state index < -0.39 is 5.91 Å². The fourth-order valence-electron chi connectivity index (χ4n) is 1.84. The number of hydrogen-bond donors (Lipinski definition) is 2. The van der Waals surface area contributed by atoms with Crippen molar-refractivity contribution in [1.82, 2.24) is 4.98 Å². The van der Waals surface area contributed by atoms with Crippen LogP contribution in [0.4, 0.5) is 5.69 Å². The monoisotopic (exact) mass is 271 g/mol. The van der Waals surface area contributed by atoms with Gasteiger partial charge in [0.2, 0.25) is 5.91 Å². The highest BCUT2D eigenvalue weighted by Crippen LogP contribution is 2.30. The minimum atomic E-state index is -0.521. The number of carbonyl (C=O) groups excluding carboxylic acids is 1. The number of nitrogen functional groups attached to an aromatic ring is 1. The van der Waals surface area contributed by atoms with Crippen LogP contribution in [0.3, 0.4) is 0 Å². The molecule has 0 saturated carbocycles. The third-order valence-electron chi connectivity index (χ3n) is 2.92. The Kier molecular flexibility index (Phi) is 3.89. The molecule has 5 heteroatoms. The lowest BCUT2D eigenvalue weighted by molar-refractivity contribution is 0.1000.